The number of benzene rings is 2. The quantitative estimate of drug-likeness (QED) is 0.546. The van der Waals surface area contributed by atoms with Crippen LogP contribution in [0.5, 0.6) is 0 Å². The molecule has 0 bridgehead atoms. The van der Waals surface area contributed by atoms with Crippen LogP contribution in [0.25, 0.3) is 0 Å². The Kier molecular flexibility index (Phi) is 6.55. The van der Waals surface area contributed by atoms with Crippen LogP contribution in [0.4, 0.5) is 0 Å². The van der Waals surface area contributed by atoms with Gasteiger partial charge in [-0.1, -0.05) is 66.0 Å². The van der Waals surface area contributed by atoms with Crippen molar-refractivity contribution in [3.63, 3.8) is 0 Å². The van der Waals surface area contributed by atoms with E-state index in [1.54, 1.807) is 24.3 Å². The number of aryl methyl sites for hydroxylation is 1. The summed E-state index contributed by atoms with van der Waals surface area (Å²) in [5.74, 6) is 1.44. The van der Waals surface area contributed by atoms with Crippen LogP contribution in [0, 0.1) is 6.92 Å². The van der Waals surface area contributed by atoms with Crippen LogP contribution in [0.2, 0.25) is 0 Å². The van der Waals surface area contributed by atoms with Crippen LogP contribution in [0.15, 0.2) is 64.0 Å². The zero-order valence-corrected chi connectivity index (χ0v) is 20.4. The van der Waals surface area contributed by atoms with Gasteiger partial charge in [-0.2, -0.15) is 4.98 Å². The first-order valence-corrected chi connectivity index (χ1v) is 13.6. The van der Waals surface area contributed by atoms with E-state index in [0.717, 1.165) is 44.6 Å². The molecule has 0 atom stereocenters. The number of rotatable bonds is 7. The highest BCUT2D eigenvalue weighted by molar-refractivity contribution is 7.89. The summed E-state index contributed by atoms with van der Waals surface area (Å²) in [7, 11) is -3.49. The maximum Gasteiger partial charge on any atom is 0.240 e. The fourth-order valence-electron chi connectivity index (χ4n) is 5.29. The summed E-state index contributed by atoms with van der Waals surface area (Å²) in [6.45, 7) is 4.26. The summed E-state index contributed by atoms with van der Waals surface area (Å²) in [6, 6.07) is 17.2. The lowest BCUT2D eigenvalue weighted by Crippen LogP contribution is -2.44. The third-order valence-electron chi connectivity index (χ3n) is 7.28. The van der Waals surface area contributed by atoms with Crippen molar-refractivity contribution < 1.29 is 12.9 Å². The van der Waals surface area contributed by atoms with Gasteiger partial charge in [0.15, 0.2) is 5.82 Å². The number of likely N-dealkylation sites (tertiary alicyclic amines) is 1. The first-order chi connectivity index (χ1) is 16.4. The molecule has 2 heterocycles. The molecule has 5 rings (SSSR count). The van der Waals surface area contributed by atoms with E-state index in [-0.39, 0.29) is 11.5 Å². The second kappa shape index (κ2) is 9.60. The Morgan fingerprint density at radius 3 is 2.38 bits per heavy atom. The normalized spacial score (nSPS) is 19.4. The van der Waals surface area contributed by atoms with Gasteiger partial charge in [-0.05, 0) is 50.3 Å². The second-order valence-corrected chi connectivity index (χ2v) is 11.4. The van der Waals surface area contributed by atoms with Crippen molar-refractivity contribution in [1.29, 1.82) is 0 Å². The molecule has 0 amide bonds. The minimum atomic E-state index is -3.49. The molecule has 1 aromatic heterocycles. The first-order valence-electron chi connectivity index (χ1n) is 12.1. The number of aromatic nitrogens is 2. The molecule has 1 aliphatic carbocycles. The van der Waals surface area contributed by atoms with Crippen molar-refractivity contribution >= 4 is 10.0 Å². The lowest BCUT2D eigenvalue weighted by atomic mass is 9.78. The molecule has 8 heteroatoms. The highest BCUT2D eigenvalue weighted by atomic mass is 32.2. The molecule has 1 saturated heterocycles. The van der Waals surface area contributed by atoms with Gasteiger partial charge in [0.1, 0.15) is 0 Å². The van der Waals surface area contributed by atoms with Gasteiger partial charge in [-0.3, -0.25) is 4.90 Å². The van der Waals surface area contributed by atoms with Gasteiger partial charge in [-0.25, -0.2) is 13.1 Å². The monoisotopic (exact) mass is 480 g/mol. The zero-order chi connectivity index (χ0) is 23.6. The third-order valence-corrected chi connectivity index (χ3v) is 8.82. The van der Waals surface area contributed by atoms with E-state index in [4.69, 9.17) is 9.51 Å². The highest BCUT2D eigenvalue weighted by Gasteiger charge is 2.41. The standard InChI is InChI=1S/C26H32N4O3S/c1-20-9-11-21(12-10-20)26(15-5-6-16-26)25-27-24(33-28-25)19-30-17-13-22(14-18-30)29-34(31,32)23-7-3-2-4-8-23/h2-4,7-12,22,29H,5-6,13-19H2,1H3. The summed E-state index contributed by atoms with van der Waals surface area (Å²) in [6.07, 6.45) is 5.93. The summed E-state index contributed by atoms with van der Waals surface area (Å²) >= 11 is 0. The van der Waals surface area contributed by atoms with E-state index in [1.165, 1.54) is 24.0 Å². The minimum Gasteiger partial charge on any atom is -0.338 e. The van der Waals surface area contributed by atoms with E-state index >= 15 is 0 Å². The molecule has 34 heavy (non-hydrogen) atoms. The zero-order valence-electron chi connectivity index (χ0n) is 19.6. The van der Waals surface area contributed by atoms with Gasteiger partial charge in [0.2, 0.25) is 15.9 Å². The number of hydrogen-bond donors (Lipinski definition) is 1. The molecule has 180 valence electrons. The molecular formula is C26H32N4O3S. The number of nitrogens with zero attached hydrogens (tertiary/aromatic N) is 3. The van der Waals surface area contributed by atoms with Gasteiger partial charge in [0.05, 0.1) is 16.9 Å². The number of sulfonamides is 1. The lowest BCUT2D eigenvalue weighted by molar-refractivity contribution is 0.177. The Bertz CT molecular complexity index is 1190. The first kappa shape index (κ1) is 23.2. The molecule has 1 aliphatic heterocycles. The van der Waals surface area contributed by atoms with Gasteiger partial charge < -0.3 is 4.52 Å². The van der Waals surface area contributed by atoms with Crippen LogP contribution >= 0.6 is 0 Å². The van der Waals surface area contributed by atoms with Crippen molar-refractivity contribution in [3.05, 3.63) is 77.4 Å². The van der Waals surface area contributed by atoms with E-state index in [9.17, 15) is 8.42 Å². The van der Waals surface area contributed by atoms with Crippen LogP contribution in [-0.4, -0.2) is 42.6 Å². The number of hydrogen-bond acceptors (Lipinski definition) is 6. The Labute approximate surface area is 201 Å². The predicted molar refractivity (Wildman–Crippen MR) is 130 cm³/mol. The van der Waals surface area contributed by atoms with Gasteiger partial charge in [-0.15, -0.1) is 0 Å². The van der Waals surface area contributed by atoms with Crippen LogP contribution < -0.4 is 4.72 Å². The lowest BCUT2D eigenvalue weighted by Gasteiger charge is -2.31. The Morgan fingerprint density at radius 2 is 1.71 bits per heavy atom. The van der Waals surface area contributed by atoms with E-state index in [0.29, 0.717) is 17.3 Å². The molecule has 2 aliphatic rings. The second-order valence-electron chi connectivity index (χ2n) is 9.65. The molecule has 3 aromatic rings. The molecule has 2 aromatic carbocycles. The van der Waals surface area contributed by atoms with E-state index < -0.39 is 10.0 Å². The van der Waals surface area contributed by atoms with Crippen LogP contribution in [0.1, 0.15) is 61.4 Å². The maximum atomic E-state index is 12.6. The molecular weight excluding hydrogens is 448 g/mol. The Hall–Kier alpha value is -2.55. The topological polar surface area (TPSA) is 88.3 Å². The number of nitrogens with one attached hydrogen (secondary N) is 1. The molecule has 1 N–H and O–H groups in total. The SMILES string of the molecule is Cc1ccc(C2(c3noc(CN4CCC(NS(=O)(=O)c5ccccc5)CC4)n3)CCCC2)cc1. The highest BCUT2D eigenvalue weighted by Crippen LogP contribution is 2.45. The predicted octanol–water partition coefficient (Wildman–Crippen LogP) is 4.18. The van der Waals surface area contributed by atoms with Crippen molar-refractivity contribution in [3.8, 4) is 0 Å². The fourth-order valence-corrected chi connectivity index (χ4v) is 6.62. The van der Waals surface area contributed by atoms with Crippen molar-refractivity contribution in [1.82, 2.24) is 19.8 Å². The van der Waals surface area contributed by atoms with E-state index in [1.807, 2.05) is 6.07 Å². The molecule has 7 nitrogen and oxygen atoms in total. The third kappa shape index (κ3) is 4.80. The summed E-state index contributed by atoms with van der Waals surface area (Å²) in [4.78, 5) is 7.42. The van der Waals surface area contributed by atoms with Gasteiger partial charge >= 0.3 is 0 Å². The van der Waals surface area contributed by atoms with Crippen LogP contribution in [0.3, 0.4) is 0 Å². The summed E-state index contributed by atoms with van der Waals surface area (Å²) in [5, 5.41) is 4.43. The van der Waals surface area contributed by atoms with Gasteiger partial charge in [0.25, 0.3) is 0 Å². The fraction of sp³-hybridized carbons (Fsp3) is 0.462. The molecule has 0 unspecified atom stereocenters. The average molecular weight is 481 g/mol. The summed E-state index contributed by atoms with van der Waals surface area (Å²) < 4.78 is 33.8. The van der Waals surface area contributed by atoms with Crippen molar-refractivity contribution in [2.75, 3.05) is 13.1 Å². The average Bonchev–Trinajstić information content (AvgIpc) is 3.52. The van der Waals surface area contributed by atoms with Crippen LogP contribution in [-0.2, 0) is 22.0 Å². The van der Waals surface area contributed by atoms with Crippen molar-refractivity contribution in [2.24, 2.45) is 0 Å². The Morgan fingerprint density at radius 1 is 1.03 bits per heavy atom. The summed E-state index contributed by atoms with van der Waals surface area (Å²) in [5.41, 5.74) is 2.37. The molecule has 0 spiro atoms. The molecule has 2 fully saturated rings. The molecule has 0 radical (unpaired) electrons. The smallest absolute Gasteiger partial charge is 0.240 e. The Balaban J connectivity index is 1.21. The van der Waals surface area contributed by atoms with E-state index in [2.05, 4.69) is 46.0 Å². The maximum absolute atomic E-state index is 12.6. The molecule has 1 saturated carbocycles. The minimum absolute atomic E-state index is 0.0667. The largest absolute Gasteiger partial charge is 0.338 e. The van der Waals surface area contributed by atoms with Crippen molar-refractivity contribution in [2.45, 2.75) is 68.3 Å². The van der Waals surface area contributed by atoms with Gasteiger partial charge in [0, 0.05) is 19.1 Å². The number of piperidine rings is 1.